The third-order valence-corrected chi connectivity index (χ3v) is 9.52. The molecule has 1 saturated carbocycles. The number of hydrogen-bond donors (Lipinski definition) is 1. The predicted octanol–water partition coefficient (Wildman–Crippen LogP) is 3.73. The molecule has 38 heavy (non-hydrogen) atoms. The van der Waals surface area contributed by atoms with Gasteiger partial charge in [0.05, 0.1) is 18.7 Å². The van der Waals surface area contributed by atoms with Gasteiger partial charge in [0.1, 0.15) is 5.82 Å². The highest BCUT2D eigenvalue weighted by molar-refractivity contribution is 7.87. The van der Waals surface area contributed by atoms with Gasteiger partial charge in [-0.2, -0.15) is 22.5 Å². The molecule has 8 nitrogen and oxygen atoms in total. The minimum absolute atomic E-state index is 0.207. The number of aromatic nitrogens is 2. The fraction of sp³-hybridized carbons (Fsp3) is 0.615. The lowest BCUT2D eigenvalue weighted by molar-refractivity contribution is -0.00186. The highest BCUT2D eigenvalue weighted by atomic mass is 32.2. The molecule has 0 radical (unpaired) electrons. The second kappa shape index (κ2) is 11.4. The van der Waals surface area contributed by atoms with Gasteiger partial charge in [-0.3, -0.25) is 0 Å². The molecule has 2 saturated heterocycles. The number of halogens is 3. The molecular formula is C26H34F3N5O3S. The van der Waals surface area contributed by atoms with Crippen LogP contribution in [0.2, 0.25) is 0 Å². The Morgan fingerprint density at radius 2 is 1.89 bits per heavy atom. The zero-order chi connectivity index (χ0) is 26.8. The second-order valence-electron chi connectivity index (χ2n) is 10.6. The maximum absolute atomic E-state index is 13.7. The lowest BCUT2D eigenvalue weighted by atomic mass is 9.79. The summed E-state index contributed by atoms with van der Waals surface area (Å²) in [4.78, 5) is 2.01. The average molecular weight is 554 g/mol. The molecule has 1 aliphatic carbocycles. The normalized spacial score (nSPS) is 28.4. The molecular weight excluding hydrogens is 519 g/mol. The van der Waals surface area contributed by atoms with Crippen LogP contribution in [0.15, 0.2) is 42.6 Å². The molecule has 3 fully saturated rings. The highest BCUT2D eigenvalue weighted by Crippen LogP contribution is 2.36. The Balaban J connectivity index is 1.22. The summed E-state index contributed by atoms with van der Waals surface area (Å²) in [6.45, 7) is 0.387. The van der Waals surface area contributed by atoms with Crippen LogP contribution in [0.25, 0.3) is 0 Å². The molecule has 0 unspecified atom stereocenters. The van der Waals surface area contributed by atoms with E-state index in [4.69, 9.17) is 4.74 Å². The van der Waals surface area contributed by atoms with E-state index in [0.29, 0.717) is 43.8 Å². The van der Waals surface area contributed by atoms with Crippen molar-refractivity contribution >= 4 is 16.0 Å². The summed E-state index contributed by atoms with van der Waals surface area (Å²) in [6.07, 6.45) is 4.81. The number of alkyl halides is 2. The summed E-state index contributed by atoms with van der Waals surface area (Å²) in [6, 6.07) is 9.86. The van der Waals surface area contributed by atoms with Crippen LogP contribution in [0, 0.1) is 11.7 Å². The molecule has 12 heteroatoms. The quantitative estimate of drug-likeness (QED) is 0.536. The molecule has 1 aromatic heterocycles. The standard InChI is InChI=1S/C26H34F3N5O3S/c27-22-4-1-3-21(15-22)20-8-6-19(7-9-20)17-37-24-16-33(25-5-2-12-30-31-25)13-10-23(24)32-38(35,36)34-14-11-26(28,29)18-34/h1-5,12,15,19-20,23-24,32H,6-11,13-14,16-18H2/t19?,20?,23-,24+/m0/s1. The molecule has 2 aromatic rings. The van der Waals surface area contributed by atoms with Gasteiger partial charge in [-0.1, -0.05) is 12.1 Å². The van der Waals surface area contributed by atoms with Crippen LogP contribution in [0.1, 0.15) is 50.0 Å². The van der Waals surface area contributed by atoms with Gasteiger partial charge in [-0.15, -0.1) is 5.10 Å². The van der Waals surface area contributed by atoms with Crippen LogP contribution in [0.5, 0.6) is 0 Å². The van der Waals surface area contributed by atoms with Gasteiger partial charge in [-0.05, 0) is 73.8 Å². The van der Waals surface area contributed by atoms with E-state index in [9.17, 15) is 21.6 Å². The van der Waals surface area contributed by atoms with E-state index >= 15 is 0 Å². The predicted molar refractivity (Wildman–Crippen MR) is 137 cm³/mol. The van der Waals surface area contributed by atoms with E-state index in [0.717, 1.165) is 35.6 Å². The summed E-state index contributed by atoms with van der Waals surface area (Å²) in [7, 11) is -4.08. The minimum atomic E-state index is -4.08. The molecule has 0 bridgehead atoms. The molecule has 2 atom stereocenters. The maximum atomic E-state index is 13.7. The van der Waals surface area contributed by atoms with Crippen molar-refractivity contribution in [3.05, 3.63) is 54.0 Å². The van der Waals surface area contributed by atoms with E-state index in [1.54, 1.807) is 24.4 Å². The zero-order valence-electron chi connectivity index (χ0n) is 21.2. The average Bonchev–Trinajstić information content (AvgIpc) is 3.29. The Morgan fingerprint density at radius 1 is 1.08 bits per heavy atom. The molecule has 1 N–H and O–H groups in total. The summed E-state index contributed by atoms with van der Waals surface area (Å²) in [5.41, 5.74) is 1.03. The first-order chi connectivity index (χ1) is 18.2. The second-order valence-corrected chi connectivity index (χ2v) is 12.3. The summed E-state index contributed by atoms with van der Waals surface area (Å²) in [5, 5.41) is 8.11. The Hall–Kier alpha value is -2.28. The lowest BCUT2D eigenvalue weighted by Gasteiger charge is -2.40. The first-order valence-corrected chi connectivity index (χ1v) is 14.7. The van der Waals surface area contributed by atoms with Gasteiger partial charge in [-0.25, -0.2) is 13.2 Å². The Labute approximate surface area is 221 Å². The number of piperidine rings is 1. The largest absolute Gasteiger partial charge is 0.374 e. The fourth-order valence-electron chi connectivity index (χ4n) is 5.75. The van der Waals surface area contributed by atoms with Crippen LogP contribution in [0.4, 0.5) is 19.0 Å². The molecule has 0 amide bonds. The lowest BCUT2D eigenvalue weighted by Crippen LogP contribution is -2.57. The van der Waals surface area contributed by atoms with Crippen LogP contribution >= 0.6 is 0 Å². The summed E-state index contributed by atoms with van der Waals surface area (Å²) < 4.78 is 76.8. The van der Waals surface area contributed by atoms with Crippen LogP contribution in [-0.2, 0) is 14.9 Å². The number of nitrogens with zero attached hydrogens (tertiary/aromatic N) is 4. The van der Waals surface area contributed by atoms with Crippen LogP contribution in [0.3, 0.4) is 0 Å². The third kappa shape index (κ3) is 6.64. The maximum Gasteiger partial charge on any atom is 0.279 e. The van der Waals surface area contributed by atoms with Crippen molar-refractivity contribution in [3.63, 3.8) is 0 Å². The van der Waals surface area contributed by atoms with Gasteiger partial charge in [0.2, 0.25) is 0 Å². The highest BCUT2D eigenvalue weighted by Gasteiger charge is 2.45. The van der Waals surface area contributed by atoms with E-state index in [1.165, 1.54) is 6.07 Å². The number of nitrogens with one attached hydrogen (secondary N) is 1. The number of anilines is 1. The zero-order valence-corrected chi connectivity index (χ0v) is 22.0. The van der Waals surface area contributed by atoms with Crippen LogP contribution < -0.4 is 9.62 Å². The first-order valence-electron chi connectivity index (χ1n) is 13.2. The Bertz CT molecular complexity index is 1180. The molecule has 3 heterocycles. The van der Waals surface area contributed by atoms with Gasteiger partial charge >= 0.3 is 0 Å². The topological polar surface area (TPSA) is 87.7 Å². The molecule has 5 rings (SSSR count). The molecule has 3 aliphatic rings. The first kappa shape index (κ1) is 27.3. The Kier molecular flexibility index (Phi) is 8.22. The number of rotatable bonds is 8. The van der Waals surface area contributed by atoms with E-state index < -0.39 is 41.2 Å². The van der Waals surface area contributed by atoms with Crippen molar-refractivity contribution in [3.8, 4) is 0 Å². The van der Waals surface area contributed by atoms with Crippen molar-refractivity contribution in [2.45, 2.75) is 62.5 Å². The third-order valence-electron chi connectivity index (χ3n) is 7.93. The molecule has 0 spiro atoms. The minimum Gasteiger partial charge on any atom is -0.374 e. The number of benzene rings is 1. The van der Waals surface area contributed by atoms with Gasteiger partial charge in [0.25, 0.3) is 16.1 Å². The Morgan fingerprint density at radius 3 is 2.58 bits per heavy atom. The van der Waals surface area contributed by atoms with E-state index in [1.807, 2.05) is 17.0 Å². The van der Waals surface area contributed by atoms with Gasteiger partial charge < -0.3 is 9.64 Å². The van der Waals surface area contributed by atoms with Crippen LogP contribution in [-0.4, -0.2) is 73.8 Å². The monoisotopic (exact) mass is 553 g/mol. The van der Waals surface area contributed by atoms with Crippen molar-refractivity contribution in [1.82, 2.24) is 19.2 Å². The van der Waals surface area contributed by atoms with Crippen molar-refractivity contribution < 1.29 is 26.3 Å². The summed E-state index contributed by atoms with van der Waals surface area (Å²) in [5.74, 6) is -1.92. The molecule has 208 valence electrons. The van der Waals surface area contributed by atoms with E-state index in [-0.39, 0.29) is 12.4 Å². The van der Waals surface area contributed by atoms with E-state index in [2.05, 4.69) is 14.9 Å². The number of hydrogen-bond acceptors (Lipinski definition) is 6. The smallest absolute Gasteiger partial charge is 0.279 e. The number of ether oxygens (including phenoxy) is 1. The van der Waals surface area contributed by atoms with Crippen molar-refractivity contribution in [2.24, 2.45) is 5.92 Å². The van der Waals surface area contributed by atoms with Gasteiger partial charge in [0.15, 0.2) is 5.82 Å². The fourth-order valence-corrected chi connectivity index (χ4v) is 7.24. The van der Waals surface area contributed by atoms with Crippen molar-refractivity contribution in [2.75, 3.05) is 37.7 Å². The van der Waals surface area contributed by atoms with Crippen molar-refractivity contribution in [1.29, 1.82) is 0 Å². The summed E-state index contributed by atoms with van der Waals surface area (Å²) >= 11 is 0. The SMILES string of the molecule is O=S(=O)(N[C@H]1CCN(c2cccnn2)C[C@H]1OCC1CCC(c2cccc(F)c2)CC1)N1CCC(F)(F)C1. The van der Waals surface area contributed by atoms with Gasteiger partial charge in [0, 0.05) is 38.9 Å². The molecule has 1 aromatic carbocycles. The molecule has 2 aliphatic heterocycles.